The van der Waals surface area contributed by atoms with Crippen molar-refractivity contribution in [1.82, 2.24) is 20.0 Å². The molecule has 0 spiro atoms. The quantitative estimate of drug-likeness (QED) is 0.309. The van der Waals surface area contributed by atoms with Gasteiger partial charge in [0.05, 0.1) is 13.1 Å². The van der Waals surface area contributed by atoms with Crippen LogP contribution in [-0.4, -0.2) is 57.8 Å². The summed E-state index contributed by atoms with van der Waals surface area (Å²) in [4.78, 5) is 27.2. The first-order valence-corrected chi connectivity index (χ1v) is 13.5. The van der Waals surface area contributed by atoms with Crippen LogP contribution in [0.2, 0.25) is 5.02 Å². The number of esters is 1. The minimum absolute atomic E-state index is 0.0579. The van der Waals surface area contributed by atoms with Gasteiger partial charge in [-0.2, -0.15) is 5.10 Å². The summed E-state index contributed by atoms with van der Waals surface area (Å²) in [7, 11) is 0. The fourth-order valence-corrected chi connectivity index (χ4v) is 5.15. The number of fused-ring (bicyclic) bond motifs is 1. The van der Waals surface area contributed by atoms with E-state index in [1.807, 2.05) is 81.1 Å². The number of aryl methyl sites for hydroxylation is 1. The summed E-state index contributed by atoms with van der Waals surface area (Å²) in [6, 6.07) is 17.4. The van der Waals surface area contributed by atoms with E-state index in [0.717, 1.165) is 46.5 Å². The zero-order valence-electron chi connectivity index (χ0n) is 22.7. The summed E-state index contributed by atoms with van der Waals surface area (Å²) >= 11 is 6.44. The molecular formula is C30H33ClN4O4. The largest absolute Gasteiger partial charge is 0.459 e. The summed E-state index contributed by atoms with van der Waals surface area (Å²) in [5, 5.41) is 9.17. The van der Waals surface area contributed by atoms with E-state index < -0.39 is 5.60 Å². The van der Waals surface area contributed by atoms with Crippen LogP contribution in [0, 0.1) is 6.92 Å². The molecule has 1 aliphatic rings. The molecule has 1 N–H and O–H groups in total. The smallest absolute Gasteiger partial charge is 0.320 e. The van der Waals surface area contributed by atoms with Crippen molar-refractivity contribution in [2.24, 2.45) is 0 Å². The van der Waals surface area contributed by atoms with E-state index >= 15 is 0 Å². The molecule has 1 atom stereocenters. The molecule has 2 aromatic heterocycles. The van der Waals surface area contributed by atoms with Gasteiger partial charge in [0.2, 0.25) is 0 Å². The number of furan rings is 1. The number of benzene rings is 2. The van der Waals surface area contributed by atoms with E-state index in [1.165, 1.54) is 0 Å². The second-order valence-electron chi connectivity index (χ2n) is 11.1. The second-order valence-corrected chi connectivity index (χ2v) is 11.5. The summed E-state index contributed by atoms with van der Waals surface area (Å²) in [6.45, 7) is 9.40. The Bertz CT molecular complexity index is 1500. The number of aromatic nitrogens is 2. The first-order chi connectivity index (χ1) is 18.5. The van der Waals surface area contributed by atoms with E-state index in [-0.39, 0.29) is 24.5 Å². The van der Waals surface area contributed by atoms with Gasteiger partial charge >= 0.3 is 5.97 Å². The van der Waals surface area contributed by atoms with Gasteiger partial charge in [-0.25, -0.2) is 0 Å². The van der Waals surface area contributed by atoms with Crippen molar-refractivity contribution in [3.05, 3.63) is 76.6 Å². The first-order valence-electron chi connectivity index (χ1n) is 13.1. The van der Waals surface area contributed by atoms with Crippen LogP contribution in [0.4, 0.5) is 0 Å². The molecule has 204 valence electrons. The fourth-order valence-electron chi connectivity index (χ4n) is 4.90. The first kappa shape index (κ1) is 27.0. The number of hydrogen-bond donors (Lipinski definition) is 1. The van der Waals surface area contributed by atoms with Crippen molar-refractivity contribution >= 4 is 34.4 Å². The van der Waals surface area contributed by atoms with Crippen molar-refractivity contribution in [3.63, 3.8) is 0 Å². The van der Waals surface area contributed by atoms with Crippen molar-refractivity contribution < 1.29 is 18.7 Å². The number of likely N-dealkylation sites (tertiary alicyclic amines) is 1. The van der Waals surface area contributed by atoms with Crippen LogP contribution in [0.1, 0.15) is 48.9 Å². The Labute approximate surface area is 232 Å². The molecule has 1 saturated heterocycles. The van der Waals surface area contributed by atoms with Crippen LogP contribution in [-0.2, 0) is 16.1 Å². The molecule has 1 amide bonds. The minimum atomic E-state index is -0.515. The zero-order chi connectivity index (χ0) is 27.7. The Hall–Kier alpha value is -3.62. The Morgan fingerprint density at radius 3 is 2.67 bits per heavy atom. The Balaban J connectivity index is 1.26. The van der Waals surface area contributed by atoms with E-state index in [9.17, 15) is 9.59 Å². The molecule has 0 saturated carbocycles. The average molecular weight is 549 g/mol. The summed E-state index contributed by atoms with van der Waals surface area (Å²) in [5.41, 5.74) is 3.30. The van der Waals surface area contributed by atoms with Gasteiger partial charge in [0, 0.05) is 46.4 Å². The highest BCUT2D eigenvalue weighted by atomic mass is 35.5. The van der Waals surface area contributed by atoms with Gasteiger partial charge in [0.25, 0.3) is 5.91 Å². The molecule has 0 unspecified atom stereocenters. The number of carbonyl (C=O) groups is 2. The topological polar surface area (TPSA) is 89.6 Å². The summed E-state index contributed by atoms with van der Waals surface area (Å²) in [5.74, 6) is 0.275. The van der Waals surface area contributed by atoms with Crippen LogP contribution < -0.4 is 5.32 Å². The van der Waals surface area contributed by atoms with Crippen molar-refractivity contribution in [3.8, 4) is 11.3 Å². The third-order valence-corrected chi connectivity index (χ3v) is 6.85. The molecule has 1 aliphatic heterocycles. The number of ether oxygens (including phenoxy) is 1. The molecule has 1 fully saturated rings. The van der Waals surface area contributed by atoms with Gasteiger partial charge in [0.1, 0.15) is 22.6 Å². The lowest BCUT2D eigenvalue weighted by Crippen LogP contribution is -2.39. The third kappa shape index (κ3) is 6.52. The lowest BCUT2D eigenvalue weighted by atomic mass is 10.1. The number of rotatable bonds is 7. The lowest BCUT2D eigenvalue weighted by molar-refractivity contribution is -0.155. The molecule has 9 heteroatoms. The second kappa shape index (κ2) is 10.9. The molecule has 0 bridgehead atoms. The van der Waals surface area contributed by atoms with E-state index in [4.69, 9.17) is 20.8 Å². The van der Waals surface area contributed by atoms with E-state index in [1.54, 1.807) is 10.7 Å². The number of hydrogen-bond acceptors (Lipinski definition) is 6. The van der Waals surface area contributed by atoms with Crippen LogP contribution in [0.5, 0.6) is 0 Å². The summed E-state index contributed by atoms with van der Waals surface area (Å²) < 4.78 is 13.4. The Morgan fingerprint density at radius 2 is 1.92 bits per heavy atom. The van der Waals surface area contributed by atoms with Crippen LogP contribution in [0.25, 0.3) is 22.3 Å². The third-order valence-electron chi connectivity index (χ3n) is 6.63. The molecule has 5 rings (SSSR count). The maximum Gasteiger partial charge on any atom is 0.320 e. The molecule has 0 radical (unpaired) electrons. The molecule has 4 aromatic rings. The van der Waals surface area contributed by atoms with Gasteiger partial charge < -0.3 is 14.5 Å². The van der Waals surface area contributed by atoms with Crippen molar-refractivity contribution in [2.75, 3.05) is 19.6 Å². The number of amides is 1. The molecular weight excluding hydrogens is 516 g/mol. The van der Waals surface area contributed by atoms with Crippen LogP contribution >= 0.6 is 11.6 Å². The van der Waals surface area contributed by atoms with Gasteiger partial charge in [-0.15, -0.1) is 0 Å². The van der Waals surface area contributed by atoms with Gasteiger partial charge in [0.15, 0.2) is 0 Å². The van der Waals surface area contributed by atoms with E-state index in [2.05, 4.69) is 10.4 Å². The Morgan fingerprint density at radius 1 is 1.15 bits per heavy atom. The maximum absolute atomic E-state index is 13.0. The number of halogens is 1. The number of nitrogens with one attached hydrogen (secondary N) is 1. The SMILES string of the molecule is Cc1cc(C(=O)N[C@H]2CCN(CC(=O)OC(C)(C)C)C2)nn1Cc1cc(Cl)cc2cc(-c3ccccc3)oc12. The standard InChI is InChI=1S/C30H33ClN4O4/c1-19-12-25(29(37)32-24-10-11-34(17-24)18-27(36)39-30(2,3)4)33-35(19)16-22-14-23(31)13-21-15-26(38-28(21)22)20-8-6-5-7-9-20/h5-9,12-15,24H,10-11,16-18H2,1-4H3,(H,32,37)/t24-/m0/s1. The predicted molar refractivity (Wildman–Crippen MR) is 151 cm³/mol. The highest BCUT2D eigenvalue weighted by molar-refractivity contribution is 6.31. The van der Waals surface area contributed by atoms with Gasteiger partial charge in [-0.1, -0.05) is 41.9 Å². The minimum Gasteiger partial charge on any atom is -0.459 e. The zero-order valence-corrected chi connectivity index (χ0v) is 23.4. The highest BCUT2D eigenvalue weighted by Crippen LogP contribution is 2.32. The fraction of sp³-hybridized carbons (Fsp3) is 0.367. The normalized spacial score (nSPS) is 16.1. The molecule has 8 nitrogen and oxygen atoms in total. The van der Waals surface area contributed by atoms with Crippen molar-refractivity contribution in [1.29, 1.82) is 0 Å². The highest BCUT2D eigenvalue weighted by Gasteiger charge is 2.28. The molecule has 3 heterocycles. The van der Waals surface area contributed by atoms with E-state index in [0.29, 0.717) is 23.8 Å². The molecule has 39 heavy (non-hydrogen) atoms. The monoisotopic (exact) mass is 548 g/mol. The Kier molecular flexibility index (Phi) is 7.51. The maximum atomic E-state index is 13.0. The summed E-state index contributed by atoms with van der Waals surface area (Å²) in [6.07, 6.45) is 0.761. The number of carbonyl (C=O) groups excluding carboxylic acids is 2. The average Bonchev–Trinajstić information content (AvgIpc) is 3.57. The van der Waals surface area contributed by atoms with Crippen molar-refractivity contribution in [2.45, 2.75) is 52.3 Å². The van der Waals surface area contributed by atoms with Gasteiger partial charge in [-0.05, 0) is 58.4 Å². The lowest BCUT2D eigenvalue weighted by Gasteiger charge is -2.22. The van der Waals surface area contributed by atoms with Crippen LogP contribution in [0.15, 0.2) is 59.0 Å². The molecule has 0 aliphatic carbocycles. The molecule has 2 aromatic carbocycles. The number of nitrogens with zero attached hydrogens (tertiary/aromatic N) is 3. The van der Waals surface area contributed by atoms with Gasteiger partial charge in [-0.3, -0.25) is 19.2 Å². The predicted octanol–water partition coefficient (Wildman–Crippen LogP) is 5.45. The van der Waals surface area contributed by atoms with Crippen LogP contribution in [0.3, 0.4) is 0 Å².